The van der Waals surface area contributed by atoms with E-state index in [0.29, 0.717) is 11.6 Å². The third-order valence-corrected chi connectivity index (χ3v) is 5.43. The molecule has 0 saturated carbocycles. The third-order valence-electron chi connectivity index (χ3n) is 3.76. The number of halogens is 1. The van der Waals surface area contributed by atoms with Crippen LogP contribution in [0.25, 0.3) is 0 Å². The first-order valence-electron chi connectivity index (χ1n) is 7.50. The minimum atomic E-state index is -3.69. The maximum atomic E-state index is 12.3. The molecule has 1 heterocycles. The second-order valence-electron chi connectivity index (χ2n) is 5.93. The van der Waals surface area contributed by atoms with E-state index in [1.165, 1.54) is 5.56 Å². The zero-order chi connectivity index (χ0) is 17.2. The summed E-state index contributed by atoms with van der Waals surface area (Å²) in [5.74, 6) is 0.711. The van der Waals surface area contributed by atoms with Crippen molar-refractivity contribution >= 4 is 22.4 Å². The lowest BCUT2D eigenvalue weighted by Crippen LogP contribution is -2.32. The van der Waals surface area contributed by atoms with Crippen LogP contribution in [-0.2, 0) is 10.0 Å². The van der Waals surface area contributed by atoms with Gasteiger partial charge in [-0.05, 0) is 30.9 Å². The van der Waals surface area contributed by atoms with Crippen LogP contribution in [0.2, 0.25) is 0 Å². The topological polar surface area (TPSA) is 98.2 Å². The van der Waals surface area contributed by atoms with Crippen molar-refractivity contribution in [2.75, 3.05) is 6.54 Å². The Labute approximate surface area is 149 Å². The molecule has 2 aromatic rings. The maximum absolute atomic E-state index is 12.3. The Morgan fingerprint density at radius 3 is 2.17 bits per heavy atom. The van der Waals surface area contributed by atoms with Crippen LogP contribution in [0.1, 0.15) is 48.4 Å². The average molecular weight is 374 g/mol. The van der Waals surface area contributed by atoms with Crippen LogP contribution in [0.3, 0.4) is 0 Å². The van der Waals surface area contributed by atoms with Gasteiger partial charge in [-0.2, -0.15) is 0 Å². The summed E-state index contributed by atoms with van der Waals surface area (Å²) in [5, 5.41) is 3.67. The summed E-state index contributed by atoms with van der Waals surface area (Å²) < 4.78 is 32.1. The molecule has 0 spiro atoms. The molecule has 8 heteroatoms. The molecule has 0 aliphatic rings. The monoisotopic (exact) mass is 373 g/mol. The van der Waals surface area contributed by atoms with Crippen molar-refractivity contribution in [2.24, 2.45) is 5.73 Å². The van der Waals surface area contributed by atoms with Gasteiger partial charge in [-0.25, -0.2) is 13.1 Å². The number of nitrogens with one attached hydrogen (secondary N) is 1. The van der Waals surface area contributed by atoms with E-state index in [0.717, 1.165) is 5.56 Å². The van der Waals surface area contributed by atoms with Gasteiger partial charge in [0.25, 0.3) is 0 Å². The second kappa shape index (κ2) is 8.11. The maximum Gasteiger partial charge on any atom is 0.246 e. The quantitative estimate of drug-likeness (QED) is 0.811. The normalized spacial score (nSPS) is 12.9. The van der Waals surface area contributed by atoms with Crippen molar-refractivity contribution in [1.29, 1.82) is 0 Å². The number of aromatic nitrogens is 1. The molecular weight excluding hydrogens is 350 g/mol. The van der Waals surface area contributed by atoms with E-state index >= 15 is 0 Å². The van der Waals surface area contributed by atoms with Gasteiger partial charge in [0.2, 0.25) is 10.0 Å². The van der Waals surface area contributed by atoms with E-state index < -0.39 is 16.1 Å². The van der Waals surface area contributed by atoms with Crippen LogP contribution in [0.5, 0.6) is 0 Å². The summed E-state index contributed by atoms with van der Waals surface area (Å²) in [7, 11) is -3.69. The average Bonchev–Trinajstić information content (AvgIpc) is 2.84. The van der Waals surface area contributed by atoms with E-state index in [2.05, 4.69) is 23.7 Å². The first-order chi connectivity index (χ1) is 10.7. The molecule has 0 fully saturated rings. The molecule has 1 atom stereocenters. The van der Waals surface area contributed by atoms with Gasteiger partial charge in [-0.1, -0.05) is 43.3 Å². The molecule has 0 amide bonds. The van der Waals surface area contributed by atoms with Crippen molar-refractivity contribution in [1.82, 2.24) is 9.88 Å². The summed E-state index contributed by atoms with van der Waals surface area (Å²) in [5.41, 5.74) is 8.53. The predicted molar refractivity (Wildman–Crippen MR) is 95.9 cm³/mol. The fraction of sp³-hybridized carbons (Fsp3) is 0.438. The zero-order valence-electron chi connectivity index (χ0n) is 14.2. The number of benzene rings is 1. The largest absolute Gasteiger partial charge is 0.360 e. The van der Waals surface area contributed by atoms with Crippen LogP contribution in [0.4, 0.5) is 0 Å². The van der Waals surface area contributed by atoms with Gasteiger partial charge >= 0.3 is 0 Å². The highest BCUT2D eigenvalue weighted by Gasteiger charge is 2.24. The Bertz CT molecular complexity index is 751. The van der Waals surface area contributed by atoms with Crippen molar-refractivity contribution in [3.63, 3.8) is 0 Å². The van der Waals surface area contributed by atoms with Gasteiger partial charge in [0, 0.05) is 12.6 Å². The summed E-state index contributed by atoms with van der Waals surface area (Å²) in [6.07, 6.45) is 0. The van der Waals surface area contributed by atoms with E-state index in [-0.39, 0.29) is 29.6 Å². The lowest BCUT2D eigenvalue weighted by Gasteiger charge is -2.14. The number of sulfonamides is 1. The Balaban J connectivity index is 0.00000288. The van der Waals surface area contributed by atoms with E-state index in [1.54, 1.807) is 13.8 Å². The molecule has 24 heavy (non-hydrogen) atoms. The highest BCUT2D eigenvalue weighted by molar-refractivity contribution is 7.89. The molecule has 0 aliphatic carbocycles. The van der Waals surface area contributed by atoms with Crippen molar-refractivity contribution in [2.45, 2.75) is 44.6 Å². The van der Waals surface area contributed by atoms with Crippen molar-refractivity contribution in [3.05, 3.63) is 46.8 Å². The highest BCUT2D eigenvalue weighted by atomic mass is 35.5. The molecule has 2 rings (SSSR count). The molecular formula is C16H24ClN3O3S. The number of aryl methyl sites for hydroxylation is 2. The fourth-order valence-electron chi connectivity index (χ4n) is 2.38. The minimum absolute atomic E-state index is 0. The summed E-state index contributed by atoms with van der Waals surface area (Å²) in [4.78, 5) is 0.0832. The smallest absolute Gasteiger partial charge is 0.246 e. The number of hydrogen-bond acceptors (Lipinski definition) is 5. The Morgan fingerprint density at radius 2 is 1.71 bits per heavy atom. The van der Waals surface area contributed by atoms with Crippen LogP contribution < -0.4 is 10.5 Å². The fourth-order valence-corrected chi connectivity index (χ4v) is 3.76. The van der Waals surface area contributed by atoms with E-state index in [4.69, 9.17) is 10.3 Å². The predicted octanol–water partition coefficient (Wildman–Crippen LogP) is 2.81. The molecule has 0 aliphatic heterocycles. The van der Waals surface area contributed by atoms with Crippen LogP contribution >= 0.6 is 12.4 Å². The van der Waals surface area contributed by atoms with E-state index in [1.807, 2.05) is 24.3 Å². The van der Waals surface area contributed by atoms with Gasteiger partial charge < -0.3 is 10.3 Å². The van der Waals surface area contributed by atoms with E-state index in [9.17, 15) is 8.42 Å². The first-order valence-corrected chi connectivity index (χ1v) is 8.98. The molecule has 1 aromatic heterocycles. The van der Waals surface area contributed by atoms with Crippen molar-refractivity contribution < 1.29 is 12.9 Å². The lowest BCUT2D eigenvalue weighted by molar-refractivity contribution is 0.390. The standard InChI is InChI=1S/C16H23N3O3S.ClH/c1-10(2)13-5-7-14(8-6-13)15(17)9-18-23(20,21)16-11(3)19-22-12(16)4;/h5-8,10,15,18H,9,17H2,1-4H3;1H. The third kappa shape index (κ3) is 4.57. The van der Waals surface area contributed by atoms with Crippen LogP contribution in [0.15, 0.2) is 33.7 Å². The molecule has 0 bridgehead atoms. The SMILES string of the molecule is Cc1noc(C)c1S(=O)(=O)NCC(N)c1ccc(C(C)C)cc1.Cl. The highest BCUT2D eigenvalue weighted by Crippen LogP contribution is 2.20. The molecule has 6 nitrogen and oxygen atoms in total. The molecule has 1 unspecified atom stereocenters. The van der Waals surface area contributed by atoms with Crippen LogP contribution in [-0.4, -0.2) is 20.1 Å². The summed E-state index contributed by atoms with van der Waals surface area (Å²) >= 11 is 0. The second-order valence-corrected chi connectivity index (χ2v) is 7.64. The first kappa shape index (κ1) is 20.6. The van der Waals surface area contributed by atoms with Gasteiger partial charge in [-0.15, -0.1) is 12.4 Å². The van der Waals surface area contributed by atoms with Gasteiger partial charge in [0.05, 0.1) is 0 Å². The minimum Gasteiger partial charge on any atom is -0.360 e. The van der Waals surface area contributed by atoms with Gasteiger partial charge in [0.15, 0.2) is 5.76 Å². The number of rotatable bonds is 6. The summed E-state index contributed by atoms with van der Waals surface area (Å²) in [6, 6.07) is 7.48. The zero-order valence-corrected chi connectivity index (χ0v) is 15.9. The van der Waals surface area contributed by atoms with Gasteiger partial charge in [-0.3, -0.25) is 0 Å². The number of hydrogen-bond donors (Lipinski definition) is 2. The molecule has 1 aromatic carbocycles. The van der Waals surface area contributed by atoms with Gasteiger partial charge in [0.1, 0.15) is 10.6 Å². The van der Waals surface area contributed by atoms with Crippen LogP contribution in [0, 0.1) is 13.8 Å². The lowest BCUT2D eigenvalue weighted by atomic mass is 9.99. The Morgan fingerprint density at radius 1 is 1.17 bits per heavy atom. The molecule has 0 radical (unpaired) electrons. The molecule has 0 saturated heterocycles. The summed E-state index contributed by atoms with van der Waals surface area (Å²) in [6.45, 7) is 7.50. The number of nitrogens with two attached hydrogens (primary N) is 1. The van der Waals surface area contributed by atoms with Crippen molar-refractivity contribution in [3.8, 4) is 0 Å². The molecule has 134 valence electrons. The Hall–Kier alpha value is -1.41. The molecule has 3 N–H and O–H groups in total. The number of nitrogens with zero attached hydrogens (tertiary/aromatic N) is 1. The Kier molecular flexibility index (Phi) is 6.97.